The van der Waals surface area contributed by atoms with Crippen LogP contribution in [0.25, 0.3) is 6.08 Å². The first-order valence-corrected chi connectivity index (χ1v) is 7.30. The van der Waals surface area contributed by atoms with E-state index in [2.05, 4.69) is 5.32 Å². The van der Waals surface area contributed by atoms with E-state index in [1.807, 2.05) is 0 Å². The number of anilines is 1. The van der Waals surface area contributed by atoms with Crippen LogP contribution in [0.3, 0.4) is 0 Å². The molecule has 0 saturated carbocycles. The number of nitrogens with zero attached hydrogens (tertiary/aromatic N) is 2. The van der Waals surface area contributed by atoms with Crippen LogP contribution >= 0.6 is 23.2 Å². The lowest BCUT2D eigenvalue weighted by molar-refractivity contribution is -0.385. The van der Waals surface area contributed by atoms with Crippen LogP contribution in [0.4, 0.5) is 11.4 Å². The molecular weight excluding hydrogens is 353 g/mol. The van der Waals surface area contributed by atoms with Gasteiger partial charge in [0.25, 0.3) is 11.6 Å². The number of para-hydroxylation sites is 1. The number of benzene rings is 2. The summed E-state index contributed by atoms with van der Waals surface area (Å²) in [5, 5.41) is 23.0. The molecule has 0 fully saturated rings. The zero-order valence-corrected chi connectivity index (χ0v) is 13.5. The Kier molecular flexibility index (Phi) is 5.53. The molecule has 0 unspecified atom stereocenters. The van der Waals surface area contributed by atoms with Crippen molar-refractivity contribution < 1.29 is 9.72 Å². The van der Waals surface area contributed by atoms with Crippen molar-refractivity contribution in [1.29, 1.82) is 5.26 Å². The molecule has 0 radical (unpaired) electrons. The molecule has 8 heteroatoms. The second-order valence-corrected chi connectivity index (χ2v) is 5.33. The predicted octanol–water partition coefficient (Wildman–Crippen LogP) is 4.45. The van der Waals surface area contributed by atoms with Gasteiger partial charge < -0.3 is 5.32 Å². The highest BCUT2D eigenvalue weighted by atomic mass is 35.5. The van der Waals surface area contributed by atoms with Crippen LogP contribution in [0, 0.1) is 21.4 Å². The standard InChI is InChI=1S/C16H9Cl2N3O3/c17-12-5-3-6-13(15(12)18)20-16(22)11(9-19)8-10-4-1-2-7-14(10)21(23)24/h1-8H,(H,20,22). The quantitative estimate of drug-likeness (QED) is 0.376. The highest BCUT2D eigenvalue weighted by Crippen LogP contribution is 2.30. The van der Waals surface area contributed by atoms with Crippen LogP contribution in [-0.4, -0.2) is 10.8 Å². The molecule has 6 nitrogen and oxygen atoms in total. The number of nitro groups is 1. The smallest absolute Gasteiger partial charge is 0.276 e. The Labute approximate surface area is 147 Å². The maximum Gasteiger partial charge on any atom is 0.276 e. The highest BCUT2D eigenvalue weighted by Gasteiger charge is 2.16. The van der Waals surface area contributed by atoms with Crippen molar-refractivity contribution in [3.05, 3.63) is 73.8 Å². The zero-order chi connectivity index (χ0) is 17.7. The average molecular weight is 362 g/mol. The third kappa shape index (κ3) is 3.90. The first-order chi connectivity index (χ1) is 11.4. The van der Waals surface area contributed by atoms with Crippen LogP contribution in [0.15, 0.2) is 48.0 Å². The van der Waals surface area contributed by atoms with Crippen LogP contribution < -0.4 is 5.32 Å². The lowest BCUT2D eigenvalue weighted by Gasteiger charge is -2.07. The van der Waals surface area contributed by atoms with E-state index in [1.54, 1.807) is 24.3 Å². The molecular formula is C16H9Cl2N3O3. The van der Waals surface area contributed by atoms with Gasteiger partial charge in [-0.2, -0.15) is 5.26 Å². The maximum atomic E-state index is 12.2. The Balaban J connectivity index is 2.35. The minimum absolute atomic E-state index is 0.135. The van der Waals surface area contributed by atoms with Gasteiger partial charge in [-0.15, -0.1) is 0 Å². The van der Waals surface area contributed by atoms with Gasteiger partial charge in [0.2, 0.25) is 0 Å². The molecule has 0 aliphatic heterocycles. The van der Waals surface area contributed by atoms with E-state index in [-0.39, 0.29) is 32.6 Å². The molecule has 0 atom stereocenters. The fraction of sp³-hybridized carbons (Fsp3) is 0. The predicted molar refractivity (Wildman–Crippen MR) is 91.8 cm³/mol. The summed E-state index contributed by atoms with van der Waals surface area (Å²) >= 11 is 11.8. The number of amides is 1. The molecule has 0 spiro atoms. The van der Waals surface area contributed by atoms with Gasteiger partial charge in [-0.1, -0.05) is 41.4 Å². The van der Waals surface area contributed by atoms with Gasteiger partial charge in [0.15, 0.2) is 0 Å². The van der Waals surface area contributed by atoms with Gasteiger partial charge in [-0.3, -0.25) is 14.9 Å². The van der Waals surface area contributed by atoms with Crippen molar-refractivity contribution in [2.75, 3.05) is 5.32 Å². The Morgan fingerprint density at radius 1 is 1.21 bits per heavy atom. The van der Waals surface area contributed by atoms with Crippen LogP contribution in [-0.2, 0) is 4.79 Å². The van der Waals surface area contributed by atoms with Gasteiger partial charge in [0.1, 0.15) is 11.6 Å². The number of nitrogens with one attached hydrogen (secondary N) is 1. The third-order valence-electron chi connectivity index (χ3n) is 3.00. The molecule has 0 saturated heterocycles. The fourth-order valence-corrected chi connectivity index (χ4v) is 2.22. The summed E-state index contributed by atoms with van der Waals surface area (Å²) in [6.07, 6.45) is 1.14. The number of hydrogen-bond donors (Lipinski definition) is 1. The summed E-state index contributed by atoms with van der Waals surface area (Å²) in [6.45, 7) is 0. The normalized spacial score (nSPS) is 10.8. The van der Waals surface area contributed by atoms with Gasteiger partial charge in [-0.25, -0.2) is 0 Å². The van der Waals surface area contributed by atoms with Crippen LogP contribution in [0.1, 0.15) is 5.56 Å². The molecule has 2 aromatic carbocycles. The molecule has 24 heavy (non-hydrogen) atoms. The van der Waals surface area contributed by atoms with Crippen molar-refractivity contribution in [3.8, 4) is 6.07 Å². The molecule has 0 bridgehead atoms. The molecule has 0 heterocycles. The average Bonchev–Trinajstić information content (AvgIpc) is 2.56. The lowest BCUT2D eigenvalue weighted by atomic mass is 10.1. The van der Waals surface area contributed by atoms with E-state index >= 15 is 0 Å². The van der Waals surface area contributed by atoms with E-state index < -0.39 is 10.8 Å². The van der Waals surface area contributed by atoms with Crippen LogP contribution in [0.5, 0.6) is 0 Å². The molecule has 0 aliphatic rings. The van der Waals surface area contributed by atoms with E-state index in [0.29, 0.717) is 0 Å². The Hall–Kier alpha value is -2.88. The first kappa shape index (κ1) is 17.5. The number of halogens is 2. The topological polar surface area (TPSA) is 96.0 Å². The Morgan fingerprint density at radius 3 is 2.58 bits per heavy atom. The summed E-state index contributed by atoms with van der Waals surface area (Å²) < 4.78 is 0. The van der Waals surface area contributed by atoms with E-state index in [0.717, 1.165) is 6.08 Å². The molecule has 0 aliphatic carbocycles. The van der Waals surface area contributed by atoms with E-state index in [4.69, 9.17) is 23.2 Å². The van der Waals surface area contributed by atoms with Crippen molar-refractivity contribution in [2.24, 2.45) is 0 Å². The largest absolute Gasteiger partial charge is 0.320 e. The first-order valence-electron chi connectivity index (χ1n) is 6.54. The molecule has 2 rings (SSSR count). The number of nitro benzene ring substituents is 1. The summed E-state index contributed by atoms with van der Waals surface area (Å²) in [5.41, 5.74) is -0.136. The molecule has 2 aromatic rings. The Morgan fingerprint density at radius 2 is 1.92 bits per heavy atom. The number of carbonyl (C=O) groups excluding carboxylic acids is 1. The monoisotopic (exact) mass is 361 g/mol. The lowest BCUT2D eigenvalue weighted by Crippen LogP contribution is -2.14. The van der Waals surface area contributed by atoms with Crippen LogP contribution in [0.2, 0.25) is 10.0 Å². The maximum absolute atomic E-state index is 12.2. The number of nitriles is 1. The Bertz CT molecular complexity index is 888. The number of hydrogen-bond acceptors (Lipinski definition) is 4. The minimum atomic E-state index is -0.750. The summed E-state index contributed by atoms with van der Waals surface area (Å²) in [6, 6.07) is 12.2. The van der Waals surface area contributed by atoms with Gasteiger partial charge >= 0.3 is 0 Å². The SMILES string of the molecule is N#CC(=Cc1ccccc1[N+](=O)[O-])C(=O)Nc1cccc(Cl)c1Cl. The van der Waals surface area contributed by atoms with Gasteiger partial charge in [0, 0.05) is 6.07 Å². The summed E-state index contributed by atoms with van der Waals surface area (Å²) in [5.74, 6) is -0.750. The van der Waals surface area contributed by atoms with E-state index in [1.165, 1.54) is 24.3 Å². The zero-order valence-electron chi connectivity index (χ0n) is 12.0. The van der Waals surface area contributed by atoms with Gasteiger partial charge in [-0.05, 0) is 24.3 Å². The summed E-state index contributed by atoms with van der Waals surface area (Å²) in [4.78, 5) is 22.6. The van der Waals surface area contributed by atoms with Crippen molar-refractivity contribution in [3.63, 3.8) is 0 Å². The molecule has 120 valence electrons. The number of rotatable bonds is 4. The second-order valence-electron chi connectivity index (χ2n) is 4.54. The summed E-state index contributed by atoms with van der Waals surface area (Å²) in [7, 11) is 0. The van der Waals surface area contributed by atoms with Crippen molar-refractivity contribution in [1.82, 2.24) is 0 Å². The molecule has 0 aromatic heterocycles. The fourth-order valence-electron chi connectivity index (χ4n) is 1.87. The van der Waals surface area contributed by atoms with Crippen molar-refractivity contribution >= 4 is 46.6 Å². The van der Waals surface area contributed by atoms with Crippen molar-refractivity contribution in [2.45, 2.75) is 0 Å². The van der Waals surface area contributed by atoms with Gasteiger partial charge in [0.05, 0.1) is 26.2 Å². The third-order valence-corrected chi connectivity index (χ3v) is 3.82. The molecule has 1 amide bonds. The minimum Gasteiger partial charge on any atom is -0.320 e. The second kappa shape index (κ2) is 7.59. The molecule has 1 N–H and O–H groups in total. The highest BCUT2D eigenvalue weighted by molar-refractivity contribution is 6.44. The number of carbonyl (C=O) groups is 1. The van der Waals surface area contributed by atoms with E-state index in [9.17, 15) is 20.2 Å².